The second-order valence-corrected chi connectivity index (χ2v) is 2.77. The molecule has 0 radical (unpaired) electrons. The number of rotatable bonds is 0. The third-order valence-electron chi connectivity index (χ3n) is 1.46. The minimum atomic E-state index is 1.21. The normalized spacial score (nSPS) is 8.29. The van der Waals surface area contributed by atoms with Crippen molar-refractivity contribution in [2.75, 3.05) is 0 Å². The van der Waals surface area contributed by atoms with Crippen LogP contribution in [0, 0.1) is 0 Å². The molecule has 14 heavy (non-hydrogen) atoms. The van der Waals surface area contributed by atoms with Gasteiger partial charge in [-0.3, -0.25) is 0 Å². The number of fused-ring (bicyclic) bond motifs is 1. The Hall–Kier alpha value is -1.24. The Bertz CT molecular complexity index is 292. The zero-order valence-electron chi connectivity index (χ0n) is 9.67. The van der Waals surface area contributed by atoms with Crippen LogP contribution in [0.15, 0.2) is 36.5 Å². The summed E-state index contributed by atoms with van der Waals surface area (Å²) in [6.07, 6.45) is 3.20. The molecular formula is C13H21N. The summed E-state index contributed by atoms with van der Waals surface area (Å²) in [5.74, 6) is 0. The predicted molar refractivity (Wildman–Crippen MR) is 65.6 cm³/mol. The van der Waals surface area contributed by atoms with Crippen LogP contribution in [0.1, 0.15) is 34.1 Å². The molecule has 0 aliphatic carbocycles. The highest BCUT2D eigenvalue weighted by Crippen LogP contribution is 2.09. The van der Waals surface area contributed by atoms with Gasteiger partial charge in [-0.1, -0.05) is 52.3 Å². The smallest absolute Gasteiger partial charge is 0.0453 e. The van der Waals surface area contributed by atoms with Gasteiger partial charge >= 0.3 is 0 Å². The van der Waals surface area contributed by atoms with Crippen molar-refractivity contribution in [1.82, 2.24) is 4.98 Å². The molecule has 0 spiro atoms. The van der Waals surface area contributed by atoms with Crippen molar-refractivity contribution in [3.63, 3.8) is 0 Å². The maximum atomic E-state index is 3.12. The van der Waals surface area contributed by atoms with Gasteiger partial charge in [0.25, 0.3) is 0 Å². The molecule has 1 heterocycles. The Balaban J connectivity index is 0.000000294. The van der Waals surface area contributed by atoms with Crippen LogP contribution in [-0.2, 0) is 0 Å². The summed E-state index contributed by atoms with van der Waals surface area (Å²) in [4.78, 5) is 3.12. The van der Waals surface area contributed by atoms with E-state index in [2.05, 4.69) is 37.0 Å². The van der Waals surface area contributed by atoms with Crippen LogP contribution < -0.4 is 0 Å². The summed E-state index contributed by atoms with van der Waals surface area (Å²) >= 11 is 0. The van der Waals surface area contributed by atoms with Crippen molar-refractivity contribution in [3.05, 3.63) is 36.5 Å². The van der Waals surface area contributed by atoms with E-state index in [1.54, 1.807) is 0 Å². The molecule has 1 heteroatoms. The number of aromatic nitrogens is 1. The van der Waals surface area contributed by atoms with Gasteiger partial charge in [-0.2, -0.15) is 0 Å². The lowest BCUT2D eigenvalue weighted by Gasteiger charge is -1.83. The molecule has 0 saturated heterocycles. The summed E-state index contributed by atoms with van der Waals surface area (Å²) in [6, 6.07) is 10.3. The molecule has 0 amide bonds. The second kappa shape index (κ2) is 8.36. The fourth-order valence-electron chi connectivity index (χ4n) is 0.995. The van der Waals surface area contributed by atoms with Crippen molar-refractivity contribution >= 4 is 10.9 Å². The summed E-state index contributed by atoms with van der Waals surface area (Å²) in [6.45, 7) is 8.25. The summed E-state index contributed by atoms with van der Waals surface area (Å²) in [5, 5.41) is 1.28. The van der Waals surface area contributed by atoms with E-state index in [0.29, 0.717) is 0 Å². The molecule has 0 aliphatic heterocycles. The summed E-state index contributed by atoms with van der Waals surface area (Å²) in [7, 11) is 0. The third kappa shape index (κ3) is 4.13. The van der Waals surface area contributed by atoms with Gasteiger partial charge in [-0.25, -0.2) is 0 Å². The highest BCUT2D eigenvalue weighted by atomic mass is 14.6. The monoisotopic (exact) mass is 191 g/mol. The number of H-pyrrole nitrogens is 1. The van der Waals surface area contributed by atoms with Gasteiger partial charge in [-0.05, 0) is 17.5 Å². The van der Waals surface area contributed by atoms with Gasteiger partial charge in [-0.15, -0.1) is 0 Å². The quantitative estimate of drug-likeness (QED) is 0.626. The van der Waals surface area contributed by atoms with E-state index in [-0.39, 0.29) is 0 Å². The molecule has 1 N–H and O–H groups in total. The van der Waals surface area contributed by atoms with Crippen molar-refractivity contribution in [2.24, 2.45) is 0 Å². The van der Waals surface area contributed by atoms with Crippen molar-refractivity contribution in [1.29, 1.82) is 0 Å². The Kier molecular flexibility index (Phi) is 7.62. The standard InChI is InChI=1S/C8H7N.C3H8.C2H6/c1-2-4-8-7(3-1)5-6-9-8;1-3-2;1-2/h1-6,9H;3H2,1-2H3;1-2H3. The summed E-state index contributed by atoms with van der Waals surface area (Å²) < 4.78 is 0. The first-order chi connectivity index (χ1) is 6.88. The van der Waals surface area contributed by atoms with Crippen molar-refractivity contribution in [2.45, 2.75) is 34.1 Å². The van der Waals surface area contributed by atoms with E-state index in [0.717, 1.165) is 0 Å². The van der Waals surface area contributed by atoms with E-state index in [1.807, 2.05) is 32.2 Å². The Morgan fingerprint density at radius 3 is 2.14 bits per heavy atom. The second-order valence-electron chi connectivity index (χ2n) is 2.77. The average Bonchev–Trinajstić information content (AvgIpc) is 2.69. The lowest BCUT2D eigenvalue weighted by molar-refractivity contribution is 1.09. The molecule has 1 aromatic carbocycles. The van der Waals surface area contributed by atoms with Gasteiger partial charge < -0.3 is 4.98 Å². The number of hydrogen-bond donors (Lipinski definition) is 1. The molecule has 2 rings (SSSR count). The minimum Gasteiger partial charge on any atom is -0.361 e. The van der Waals surface area contributed by atoms with Crippen LogP contribution in [0.5, 0.6) is 0 Å². The Morgan fingerprint density at radius 1 is 1.00 bits per heavy atom. The van der Waals surface area contributed by atoms with Gasteiger partial charge in [0.1, 0.15) is 0 Å². The molecule has 0 bridgehead atoms. The first-order valence-electron chi connectivity index (χ1n) is 5.40. The SMILES string of the molecule is CC.CCC.c1ccc2[nH]ccc2c1. The number of para-hydroxylation sites is 1. The molecule has 0 unspecified atom stereocenters. The first-order valence-corrected chi connectivity index (χ1v) is 5.40. The molecule has 1 nitrogen and oxygen atoms in total. The Labute approximate surface area is 87.2 Å². The largest absolute Gasteiger partial charge is 0.361 e. The molecule has 1 aromatic heterocycles. The fourth-order valence-corrected chi connectivity index (χ4v) is 0.995. The van der Waals surface area contributed by atoms with Crippen LogP contribution >= 0.6 is 0 Å². The molecule has 2 aromatic rings. The lowest BCUT2D eigenvalue weighted by Crippen LogP contribution is -1.61. The van der Waals surface area contributed by atoms with Crippen molar-refractivity contribution < 1.29 is 0 Å². The fraction of sp³-hybridized carbons (Fsp3) is 0.385. The van der Waals surface area contributed by atoms with Crippen LogP contribution in [0.4, 0.5) is 0 Å². The average molecular weight is 191 g/mol. The molecule has 0 atom stereocenters. The van der Waals surface area contributed by atoms with E-state index >= 15 is 0 Å². The van der Waals surface area contributed by atoms with E-state index < -0.39 is 0 Å². The minimum absolute atomic E-state index is 1.21. The zero-order valence-corrected chi connectivity index (χ0v) is 9.67. The summed E-state index contributed by atoms with van der Waals surface area (Å²) in [5.41, 5.74) is 1.21. The number of hydrogen-bond acceptors (Lipinski definition) is 0. The van der Waals surface area contributed by atoms with Crippen LogP contribution in [0.3, 0.4) is 0 Å². The van der Waals surface area contributed by atoms with E-state index in [1.165, 1.54) is 17.3 Å². The van der Waals surface area contributed by atoms with Gasteiger partial charge in [0.15, 0.2) is 0 Å². The van der Waals surface area contributed by atoms with E-state index in [4.69, 9.17) is 0 Å². The highest BCUT2D eigenvalue weighted by molar-refractivity contribution is 5.78. The maximum absolute atomic E-state index is 3.12. The van der Waals surface area contributed by atoms with Crippen molar-refractivity contribution in [3.8, 4) is 0 Å². The van der Waals surface area contributed by atoms with Gasteiger partial charge in [0.2, 0.25) is 0 Å². The number of aromatic amines is 1. The molecule has 0 fully saturated rings. The number of nitrogens with one attached hydrogen (secondary N) is 1. The van der Waals surface area contributed by atoms with Crippen LogP contribution in [-0.4, -0.2) is 4.98 Å². The molecule has 0 saturated carbocycles. The topological polar surface area (TPSA) is 15.8 Å². The molecular weight excluding hydrogens is 170 g/mol. The predicted octanol–water partition coefficient (Wildman–Crippen LogP) is 4.61. The highest BCUT2D eigenvalue weighted by Gasteiger charge is 1.86. The van der Waals surface area contributed by atoms with E-state index in [9.17, 15) is 0 Å². The number of benzene rings is 1. The Morgan fingerprint density at radius 2 is 1.57 bits per heavy atom. The zero-order chi connectivity index (χ0) is 10.8. The van der Waals surface area contributed by atoms with Gasteiger partial charge in [0.05, 0.1) is 0 Å². The first kappa shape index (κ1) is 12.8. The molecule has 0 aliphatic rings. The lowest BCUT2D eigenvalue weighted by atomic mass is 10.3. The third-order valence-corrected chi connectivity index (χ3v) is 1.46. The van der Waals surface area contributed by atoms with Gasteiger partial charge in [0, 0.05) is 11.7 Å². The molecule has 78 valence electrons. The maximum Gasteiger partial charge on any atom is 0.0453 e. The van der Waals surface area contributed by atoms with Crippen LogP contribution in [0.25, 0.3) is 10.9 Å². The van der Waals surface area contributed by atoms with Crippen LogP contribution in [0.2, 0.25) is 0 Å².